The van der Waals surface area contributed by atoms with Crippen LogP contribution in [0, 0.1) is 5.92 Å². The van der Waals surface area contributed by atoms with Crippen molar-refractivity contribution in [2.75, 3.05) is 20.8 Å². The van der Waals surface area contributed by atoms with Crippen molar-refractivity contribution in [2.45, 2.75) is 91.3 Å². The molecule has 1 atom stereocenters. The minimum absolute atomic E-state index is 0.374. The lowest BCUT2D eigenvalue weighted by molar-refractivity contribution is -0.245. The second kappa shape index (κ2) is 13.9. The Morgan fingerprint density at radius 2 is 1.52 bits per heavy atom. The van der Waals surface area contributed by atoms with Crippen LogP contribution in [0.2, 0.25) is 0 Å². The summed E-state index contributed by atoms with van der Waals surface area (Å²) in [6.45, 7) is 9.22. The van der Waals surface area contributed by atoms with Gasteiger partial charge in [-0.1, -0.05) is 52.4 Å². The van der Waals surface area contributed by atoms with E-state index >= 15 is 0 Å². The van der Waals surface area contributed by atoms with Gasteiger partial charge >= 0.3 is 0 Å². The fourth-order valence-corrected chi connectivity index (χ4v) is 3.19. The summed E-state index contributed by atoms with van der Waals surface area (Å²) in [5.41, 5.74) is 1.19. The van der Waals surface area contributed by atoms with Crippen LogP contribution in [0.5, 0.6) is 0 Å². The van der Waals surface area contributed by atoms with E-state index < -0.39 is 5.79 Å². The number of hydrogen-bond acceptors (Lipinski definition) is 3. The number of methoxy groups -OCH3 is 2. The molecule has 0 radical (unpaired) electrons. The van der Waals surface area contributed by atoms with Crippen molar-refractivity contribution in [1.29, 1.82) is 0 Å². The highest BCUT2D eigenvalue weighted by molar-refractivity contribution is 4.86. The van der Waals surface area contributed by atoms with Gasteiger partial charge in [0.2, 0.25) is 0 Å². The molecule has 0 amide bonds. The number of unbranched alkanes of at least 4 members (excludes halogenated alkanes) is 5. The fraction of sp³-hybridized carbons (Fsp3) is 0.900. The molecule has 0 heterocycles. The van der Waals surface area contributed by atoms with Crippen LogP contribution in [0.4, 0.5) is 0 Å². The summed E-state index contributed by atoms with van der Waals surface area (Å²) in [6.07, 6.45) is 12.7. The molecule has 0 saturated carbocycles. The SMILES string of the molecule is CCCCCCCCC(CCOC=C(C)C)C(CC)(OC)OC. The van der Waals surface area contributed by atoms with Gasteiger partial charge in [-0.05, 0) is 38.7 Å². The smallest absolute Gasteiger partial charge is 0.170 e. The van der Waals surface area contributed by atoms with E-state index in [-0.39, 0.29) is 0 Å². The predicted octanol–water partition coefficient (Wildman–Crippen LogP) is 6.08. The Hall–Kier alpha value is -0.540. The molecule has 138 valence electrons. The van der Waals surface area contributed by atoms with Crippen LogP contribution in [-0.4, -0.2) is 26.6 Å². The first-order chi connectivity index (χ1) is 11.1. The molecule has 3 heteroatoms. The summed E-state index contributed by atoms with van der Waals surface area (Å²) in [6, 6.07) is 0. The number of rotatable bonds is 15. The van der Waals surface area contributed by atoms with Gasteiger partial charge < -0.3 is 14.2 Å². The summed E-state index contributed by atoms with van der Waals surface area (Å²) in [7, 11) is 3.52. The maximum Gasteiger partial charge on any atom is 0.170 e. The van der Waals surface area contributed by atoms with E-state index in [1.807, 2.05) is 6.26 Å². The Bertz CT molecular complexity index is 283. The third-order valence-corrected chi connectivity index (χ3v) is 4.62. The van der Waals surface area contributed by atoms with Crippen LogP contribution in [0.1, 0.15) is 85.5 Å². The highest BCUT2D eigenvalue weighted by atomic mass is 16.7. The lowest BCUT2D eigenvalue weighted by Gasteiger charge is -2.38. The van der Waals surface area contributed by atoms with Gasteiger partial charge in [0, 0.05) is 20.1 Å². The van der Waals surface area contributed by atoms with Crippen molar-refractivity contribution in [3.05, 3.63) is 11.8 Å². The molecule has 0 aliphatic rings. The minimum Gasteiger partial charge on any atom is -0.501 e. The largest absolute Gasteiger partial charge is 0.501 e. The number of ether oxygens (including phenoxy) is 3. The highest BCUT2D eigenvalue weighted by Crippen LogP contribution is 2.33. The van der Waals surface area contributed by atoms with E-state index in [0.29, 0.717) is 5.92 Å². The van der Waals surface area contributed by atoms with E-state index in [9.17, 15) is 0 Å². The molecule has 23 heavy (non-hydrogen) atoms. The molecule has 0 saturated heterocycles. The molecular weight excluding hydrogens is 288 g/mol. The maximum atomic E-state index is 5.78. The Kier molecular flexibility index (Phi) is 13.5. The van der Waals surface area contributed by atoms with Gasteiger partial charge in [0.1, 0.15) is 0 Å². The van der Waals surface area contributed by atoms with Crippen molar-refractivity contribution >= 4 is 0 Å². The second-order valence-electron chi connectivity index (χ2n) is 6.68. The van der Waals surface area contributed by atoms with Gasteiger partial charge in [-0.2, -0.15) is 0 Å². The number of allylic oxidation sites excluding steroid dienone is 1. The topological polar surface area (TPSA) is 27.7 Å². The van der Waals surface area contributed by atoms with E-state index in [1.54, 1.807) is 14.2 Å². The molecular formula is C20H40O3. The summed E-state index contributed by atoms with van der Waals surface area (Å²) in [5, 5.41) is 0. The molecule has 0 fully saturated rings. The lowest BCUT2D eigenvalue weighted by atomic mass is 9.87. The molecule has 0 N–H and O–H groups in total. The van der Waals surface area contributed by atoms with Gasteiger partial charge in [0.15, 0.2) is 5.79 Å². The predicted molar refractivity (Wildman–Crippen MR) is 98.5 cm³/mol. The Morgan fingerprint density at radius 1 is 0.913 bits per heavy atom. The molecule has 0 bridgehead atoms. The second-order valence-corrected chi connectivity index (χ2v) is 6.68. The van der Waals surface area contributed by atoms with Crippen LogP contribution in [0.15, 0.2) is 11.8 Å². The zero-order valence-electron chi connectivity index (χ0n) is 16.5. The molecule has 1 unspecified atom stereocenters. The Morgan fingerprint density at radius 3 is 2.04 bits per heavy atom. The molecule has 0 spiro atoms. The van der Waals surface area contributed by atoms with Crippen molar-refractivity contribution in [3.63, 3.8) is 0 Å². The normalized spacial score (nSPS) is 13.0. The quantitative estimate of drug-likeness (QED) is 0.207. The van der Waals surface area contributed by atoms with Crippen molar-refractivity contribution in [2.24, 2.45) is 5.92 Å². The fourth-order valence-electron chi connectivity index (χ4n) is 3.19. The first kappa shape index (κ1) is 22.5. The van der Waals surface area contributed by atoms with E-state index in [1.165, 1.54) is 44.1 Å². The minimum atomic E-state index is -0.474. The molecule has 0 aromatic heterocycles. The lowest BCUT2D eigenvalue weighted by Crippen LogP contribution is -2.42. The third-order valence-electron chi connectivity index (χ3n) is 4.62. The maximum absolute atomic E-state index is 5.78. The summed E-state index contributed by atoms with van der Waals surface area (Å²) < 4.78 is 17.2. The van der Waals surface area contributed by atoms with Gasteiger partial charge in [0.05, 0.1) is 12.9 Å². The summed E-state index contributed by atoms with van der Waals surface area (Å²) >= 11 is 0. The summed E-state index contributed by atoms with van der Waals surface area (Å²) in [4.78, 5) is 0. The standard InChI is InChI=1S/C20H40O3/c1-7-9-10-11-12-13-14-19(15-16-23-17-18(3)4)20(8-2,21-5)22-6/h17,19H,7-16H2,1-6H3. The summed E-state index contributed by atoms with van der Waals surface area (Å²) in [5.74, 6) is -0.100. The monoisotopic (exact) mass is 328 g/mol. The zero-order chi connectivity index (χ0) is 17.6. The van der Waals surface area contributed by atoms with Crippen LogP contribution >= 0.6 is 0 Å². The van der Waals surface area contributed by atoms with Gasteiger partial charge in [-0.3, -0.25) is 0 Å². The average Bonchev–Trinajstić information content (AvgIpc) is 2.55. The molecule has 0 aromatic rings. The van der Waals surface area contributed by atoms with E-state index in [4.69, 9.17) is 14.2 Å². The van der Waals surface area contributed by atoms with Crippen molar-refractivity contribution < 1.29 is 14.2 Å². The molecule has 0 rings (SSSR count). The molecule has 3 nitrogen and oxygen atoms in total. The third kappa shape index (κ3) is 9.36. The van der Waals surface area contributed by atoms with E-state index in [2.05, 4.69) is 27.7 Å². The molecule has 0 aliphatic heterocycles. The zero-order valence-corrected chi connectivity index (χ0v) is 16.5. The van der Waals surface area contributed by atoms with Gasteiger partial charge in [-0.25, -0.2) is 0 Å². The Balaban J connectivity index is 4.45. The van der Waals surface area contributed by atoms with Crippen LogP contribution in [0.25, 0.3) is 0 Å². The van der Waals surface area contributed by atoms with E-state index in [0.717, 1.165) is 25.9 Å². The number of hydrogen-bond donors (Lipinski definition) is 0. The Labute approximate surface area is 144 Å². The van der Waals surface area contributed by atoms with Crippen molar-refractivity contribution in [1.82, 2.24) is 0 Å². The first-order valence-corrected chi connectivity index (χ1v) is 9.41. The average molecular weight is 329 g/mol. The van der Waals surface area contributed by atoms with Crippen molar-refractivity contribution in [3.8, 4) is 0 Å². The highest BCUT2D eigenvalue weighted by Gasteiger charge is 2.36. The van der Waals surface area contributed by atoms with Gasteiger partial charge in [0.25, 0.3) is 0 Å². The van der Waals surface area contributed by atoms with Crippen LogP contribution in [-0.2, 0) is 14.2 Å². The first-order valence-electron chi connectivity index (χ1n) is 9.41. The molecule has 0 aromatic carbocycles. The van der Waals surface area contributed by atoms with Crippen LogP contribution in [0.3, 0.4) is 0 Å². The van der Waals surface area contributed by atoms with Gasteiger partial charge in [-0.15, -0.1) is 0 Å². The molecule has 0 aliphatic carbocycles. The van der Waals surface area contributed by atoms with Crippen LogP contribution < -0.4 is 0 Å².